The summed E-state index contributed by atoms with van der Waals surface area (Å²) < 4.78 is 5.52. The molecule has 1 amide bonds. The second-order valence-electron chi connectivity index (χ2n) is 30.2. The molecule has 2 unspecified atom stereocenters. The first kappa shape index (κ1) is 92.3. The van der Waals surface area contributed by atoms with E-state index in [0.717, 1.165) is 44.9 Å². The van der Waals surface area contributed by atoms with Crippen LogP contribution in [-0.2, 0) is 14.3 Å². The van der Waals surface area contributed by atoms with Gasteiger partial charge >= 0.3 is 5.97 Å². The van der Waals surface area contributed by atoms with E-state index in [1.165, 1.54) is 424 Å². The van der Waals surface area contributed by atoms with Gasteiger partial charge in [0.25, 0.3) is 0 Å². The first-order valence-corrected chi connectivity index (χ1v) is 43.6. The van der Waals surface area contributed by atoms with Crippen LogP contribution < -0.4 is 5.32 Å². The number of amides is 1. The minimum absolute atomic E-state index is 0.0208. The zero-order valence-corrected chi connectivity index (χ0v) is 64.2. The minimum atomic E-state index is -0.661. The summed E-state index contributed by atoms with van der Waals surface area (Å²) in [7, 11) is 0. The summed E-state index contributed by atoms with van der Waals surface area (Å²) in [5, 5.41) is 23.5. The third-order valence-corrected chi connectivity index (χ3v) is 20.8. The molecule has 0 radical (unpaired) electrons. The first-order valence-electron chi connectivity index (χ1n) is 43.6. The molecule has 0 saturated heterocycles. The standard InChI is InChI=1S/C88H171NO5/c1-3-5-7-9-11-13-15-17-19-21-23-41-45-48-52-56-60-64-68-72-76-80-86(91)85(84-90)89-87(92)81-77-73-69-65-61-57-53-49-46-42-39-37-35-33-31-29-27-25-24-26-28-30-32-34-36-38-40-43-47-51-55-59-63-67-71-75-79-83-94-88(93)82-78-74-70-66-62-58-54-50-44-22-20-18-16-14-12-10-8-6-4-2/h12,14,18,20,85-86,90-91H,3-11,13,15-17,19,21-84H2,1-2H3,(H,89,92)/b14-12-,20-18-. The minimum Gasteiger partial charge on any atom is -0.466 e. The quantitative estimate of drug-likeness (QED) is 0.0320. The zero-order valence-electron chi connectivity index (χ0n) is 64.2. The molecular formula is C88H171NO5. The summed E-state index contributed by atoms with van der Waals surface area (Å²) in [6.07, 6.45) is 109. The number of hydrogen-bond acceptors (Lipinski definition) is 5. The average Bonchev–Trinajstić information content (AvgIpc) is 3.66. The fraction of sp³-hybridized carbons (Fsp3) is 0.932. The molecule has 0 aliphatic carbocycles. The number of unbranched alkanes of at least 4 members (excludes halogenated alkanes) is 68. The monoisotopic (exact) mass is 1320 g/mol. The molecule has 0 aliphatic heterocycles. The Morgan fingerprint density at radius 2 is 0.532 bits per heavy atom. The summed E-state index contributed by atoms with van der Waals surface area (Å²) in [5.74, 6) is -0.00253. The Bertz CT molecular complexity index is 1480. The number of carbonyl (C=O) groups excluding carboxylic acids is 2. The van der Waals surface area contributed by atoms with Crippen LogP contribution in [0.25, 0.3) is 0 Å². The van der Waals surface area contributed by atoms with Crippen molar-refractivity contribution in [1.82, 2.24) is 5.32 Å². The molecule has 0 aliphatic rings. The lowest BCUT2D eigenvalue weighted by atomic mass is 10.0. The molecule has 558 valence electrons. The molecule has 3 N–H and O–H groups in total. The SMILES string of the molecule is CCCCC/C=C\C/C=C\CCCCCCCCCCCC(=O)OCCCCCCCCCCCCCCCCCCCCCCCCCCCCCCCCCCCCCCCC(=O)NC(CO)C(O)CCCCCCCCCCCCCCCCCCCCCCC. The summed E-state index contributed by atoms with van der Waals surface area (Å²) in [5.41, 5.74) is 0. The number of aliphatic hydroxyl groups is 2. The molecule has 0 bridgehead atoms. The van der Waals surface area contributed by atoms with Gasteiger partial charge < -0.3 is 20.3 Å². The van der Waals surface area contributed by atoms with Crippen molar-refractivity contribution in [3.8, 4) is 0 Å². The van der Waals surface area contributed by atoms with Gasteiger partial charge in [0.15, 0.2) is 0 Å². The number of rotatable bonds is 83. The van der Waals surface area contributed by atoms with Crippen LogP contribution in [0.2, 0.25) is 0 Å². The molecule has 0 heterocycles. The third kappa shape index (κ3) is 79.3. The molecule has 0 saturated carbocycles. The van der Waals surface area contributed by atoms with Crippen LogP contribution in [0.4, 0.5) is 0 Å². The van der Waals surface area contributed by atoms with E-state index < -0.39 is 12.1 Å². The van der Waals surface area contributed by atoms with Gasteiger partial charge in [0, 0.05) is 12.8 Å². The number of hydrogen-bond donors (Lipinski definition) is 3. The van der Waals surface area contributed by atoms with E-state index in [9.17, 15) is 19.8 Å². The number of carbonyl (C=O) groups is 2. The molecule has 2 atom stereocenters. The molecular weight excluding hydrogens is 1150 g/mol. The highest BCUT2D eigenvalue weighted by Crippen LogP contribution is 2.21. The Morgan fingerprint density at radius 1 is 0.298 bits per heavy atom. The summed E-state index contributed by atoms with van der Waals surface area (Å²) in [6, 6.07) is -0.538. The first-order chi connectivity index (χ1) is 46.5. The van der Waals surface area contributed by atoms with E-state index in [1.807, 2.05) is 0 Å². The molecule has 6 nitrogen and oxygen atoms in total. The van der Waals surface area contributed by atoms with Crippen LogP contribution in [0.5, 0.6) is 0 Å². The van der Waals surface area contributed by atoms with Gasteiger partial charge in [-0.25, -0.2) is 0 Å². The van der Waals surface area contributed by atoms with Gasteiger partial charge in [-0.3, -0.25) is 9.59 Å². The predicted octanol–water partition coefficient (Wildman–Crippen LogP) is 29.2. The molecule has 0 aromatic carbocycles. The van der Waals surface area contributed by atoms with Crippen molar-refractivity contribution < 1.29 is 24.5 Å². The Kier molecular flexibility index (Phi) is 82.3. The number of allylic oxidation sites excluding steroid dienone is 4. The Labute approximate surface area is 590 Å². The maximum atomic E-state index is 12.6. The van der Waals surface area contributed by atoms with Crippen LogP contribution in [0.1, 0.15) is 502 Å². The van der Waals surface area contributed by atoms with E-state index in [0.29, 0.717) is 25.9 Å². The average molecular weight is 1320 g/mol. The van der Waals surface area contributed by atoms with Crippen molar-refractivity contribution in [2.45, 2.75) is 514 Å². The van der Waals surface area contributed by atoms with Crippen molar-refractivity contribution >= 4 is 11.9 Å². The van der Waals surface area contributed by atoms with Crippen LogP contribution in [-0.4, -0.2) is 47.4 Å². The maximum absolute atomic E-state index is 12.6. The summed E-state index contributed by atoms with van der Waals surface area (Å²) in [6.45, 7) is 4.99. The van der Waals surface area contributed by atoms with Gasteiger partial charge in [-0.15, -0.1) is 0 Å². The summed E-state index contributed by atoms with van der Waals surface area (Å²) in [4.78, 5) is 24.7. The Balaban J connectivity index is 3.30. The highest BCUT2D eigenvalue weighted by molar-refractivity contribution is 5.76. The van der Waals surface area contributed by atoms with Crippen molar-refractivity contribution in [2.75, 3.05) is 13.2 Å². The lowest BCUT2D eigenvalue weighted by Crippen LogP contribution is -2.45. The smallest absolute Gasteiger partial charge is 0.305 e. The van der Waals surface area contributed by atoms with Crippen LogP contribution in [0, 0.1) is 0 Å². The Hall–Kier alpha value is -1.66. The van der Waals surface area contributed by atoms with Crippen molar-refractivity contribution in [3.05, 3.63) is 24.3 Å². The highest BCUT2D eigenvalue weighted by atomic mass is 16.5. The normalized spacial score (nSPS) is 12.5. The molecule has 0 fully saturated rings. The molecule has 0 rings (SSSR count). The molecule has 0 spiro atoms. The van der Waals surface area contributed by atoms with Crippen LogP contribution >= 0.6 is 0 Å². The lowest BCUT2D eigenvalue weighted by Gasteiger charge is -2.22. The van der Waals surface area contributed by atoms with Gasteiger partial charge in [-0.2, -0.15) is 0 Å². The van der Waals surface area contributed by atoms with E-state index in [-0.39, 0.29) is 18.5 Å². The molecule has 94 heavy (non-hydrogen) atoms. The lowest BCUT2D eigenvalue weighted by molar-refractivity contribution is -0.143. The second-order valence-corrected chi connectivity index (χ2v) is 30.2. The van der Waals surface area contributed by atoms with E-state index in [4.69, 9.17) is 4.74 Å². The highest BCUT2D eigenvalue weighted by Gasteiger charge is 2.20. The largest absolute Gasteiger partial charge is 0.466 e. The third-order valence-electron chi connectivity index (χ3n) is 20.8. The fourth-order valence-corrected chi connectivity index (χ4v) is 14.1. The van der Waals surface area contributed by atoms with Crippen LogP contribution in [0.3, 0.4) is 0 Å². The van der Waals surface area contributed by atoms with E-state index >= 15 is 0 Å². The van der Waals surface area contributed by atoms with Crippen LogP contribution in [0.15, 0.2) is 24.3 Å². The number of nitrogens with one attached hydrogen (secondary N) is 1. The van der Waals surface area contributed by atoms with Gasteiger partial charge in [0.2, 0.25) is 5.91 Å². The molecule has 6 heteroatoms. The van der Waals surface area contributed by atoms with Crippen molar-refractivity contribution in [1.29, 1.82) is 0 Å². The van der Waals surface area contributed by atoms with Gasteiger partial charge in [-0.05, 0) is 57.8 Å². The van der Waals surface area contributed by atoms with Gasteiger partial charge in [0.1, 0.15) is 0 Å². The van der Waals surface area contributed by atoms with Crippen molar-refractivity contribution in [3.63, 3.8) is 0 Å². The Morgan fingerprint density at radius 3 is 0.830 bits per heavy atom. The van der Waals surface area contributed by atoms with Gasteiger partial charge in [0.05, 0.1) is 25.4 Å². The summed E-state index contributed by atoms with van der Waals surface area (Å²) >= 11 is 0. The molecule has 0 aromatic rings. The van der Waals surface area contributed by atoms with Crippen molar-refractivity contribution in [2.24, 2.45) is 0 Å². The maximum Gasteiger partial charge on any atom is 0.305 e. The number of esters is 1. The zero-order chi connectivity index (χ0) is 67.7. The topological polar surface area (TPSA) is 95.9 Å². The molecule has 0 aromatic heterocycles. The van der Waals surface area contributed by atoms with Gasteiger partial charge in [-0.1, -0.05) is 456 Å². The number of ether oxygens (including phenoxy) is 1. The van der Waals surface area contributed by atoms with E-state index in [2.05, 4.69) is 43.5 Å². The van der Waals surface area contributed by atoms with E-state index in [1.54, 1.807) is 0 Å². The second kappa shape index (κ2) is 83.8. The predicted molar refractivity (Wildman–Crippen MR) is 417 cm³/mol. The number of aliphatic hydroxyl groups excluding tert-OH is 2. The fourth-order valence-electron chi connectivity index (χ4n) is 14.1.